The van der Waals surface area contributed by atoms with Gasteiger partial charge in [-0.05, 0) is 6.07 Å². The summed E-state index contributed by atoms with van der Waals surface area (Å²) in [5.41, 5.74) is 5.92. The predicted molar refractivity (Wildman–Crippen MR) is 64.9 cm³/mol. The van der Waals surface area contributed by atoms with Crippen LogP contribution < -0.4 is 5.73 Å². The Morgan fingerprint density at radius 3 is 2.76 bits per heavy atom. The number of non-ortho nitro benzene ring substituents is 1. The fourth-order valence-electron chi connectivity index (χ4n) is 1.26. The molecule has 1 heterocycles. The summed E-state index contributed by atoms with van der Waals surface area (Å²) in [5, 5.41) is 20.0. The van der Waals surface area contributed by atoms with Crippen molar-refractivity contribution in [1.82, 2.24) is 10.2 Å². The van der Waals surface area contributed by atoms with Crippen LogP contribution in [0, 0.1) is 10.1 Å². The van der Waals surface area contributed by atoms with Crippen LogP contribution in [-0.4, -0.2) is 15.1 Å². The third-order valence-corrected chi connectivity index (χ3v) is 3.19. The van der Waals surface area contributed by atoms with E-state index in [1.54, 1.807) is 6.07 Å². The summed E-state index contributed by atoms with van der Waals surface area (Å²) in [6, 6.07) is 4.30. The van der Waals surface area contributed by atoms with Gasteiger partial charge in [0.15, 0.2) is 0 Å². The molecular formula is C9H7ClN4O2S. The first kappa shape index (κ1) is 11.9. The Morgan fingerprint density at radius 1 is 1.41 bits per heavy atom. The van der Waals surface area contributed by atoms with Crippen LogP contribution in [0.1, 0.15) is 5.01 Å². The molecule has 88 valence electrons. The average Bonchev–Trinajstić information content (AvgIpc) is 2.76. The highest BCUT2D eigenvalue weighted by molar-refractivity contribution is 7.14. The first-order valence-corrected chi connectivity index (χ1v) is 5.77. The fraction of sp³-hybridized carbons (Fsp3) is 0.111. The number of nitrogens with two attached hydrogens (primary N) is 1. The molecule has 1 aromatic heterocycles. The molecule has 0 saturated carbocycles. The number of nitro groups is 1. The van der Waals surface area contributed by atoms with Crippen molar-refractivity contribution < 1.29 is 4.92 Å². The average molecular weight is 271 g/mol. The third kappa shape index (κ3) is 2.57. The molecule has 8 heteroatoms. The van der Waals surface area contributed by atoms with E-state index in [1.165, 1.54) is 23.5 Å². The van der Waals surface area contributed by atoms with Crippen molar-refractivity contribution in [3.8, 4) is 10.6 Å². The van der Waals surface area contributed by atoms with Gasteiger partial charge < -0.3 is 5.73 Å². The molecule has 0 fully saturated rings. The van der Waals surface area contributed by atoms with E-state index < -0.39 is 4.92 Å². The van der Waals surface area contributed by atoms with Gasteiger partial charge in [0, 0.05) is 29.3 Å². The standard InChI is InChI=1S/C9H7ClN4O2S/c10-6-1-5(2-7(3-6)14(15)16)9-13-12-8(4-11)17-9/h1-3H,4,11H2. The minimum atomic E-state index is -0.500. The molecule has 2 rings (SSSR count). The van der Waals surface area contributed by atoms with Crippen molar-refractivity contribution in [1.29, 1.82) is 0 Å². The first-order valence-electron chi connectivity index (χ1n) is 4.58. The zero-order valence-corrected chi connectivity index (χ0v) is 10.0. The second kappa shape index (κ2) is 4.74. The smallest absolute Gasteiger partial charge is 0.271 e. The quantitative estimate of drug-likeness (QED) is 0.681. The minimum absolute atomic E-state index is 0.0722. The highest BCUT2D eigenvalue weighted by Crippen LogP contribution is 2.30. The summed E-state index contributed by atoms with van der Waals surface area (Å²) in [6.07, 6.45) is 0. The fourth-order valence-corrected chi connectivity index (χ4v) is 2.19. The van der Waals surface area contributed by atoms with E-state index in [0.29, 0.717) is 27.1 Å². The van der Waals surface area contributed by atoms with Gasteiger partial charge in [0.2, 0.25) is 0 Å². The molecule has 2 aromatic rings. The first-order chi connectivity index (χ1) is 8.10. The maximum atomic E-state index is 10.7. The summed E-state index contributed by atoms with van der Waals surface area (Å²) in [5.74, 6) is 0. The molecule has 6 nitrogen and oxygen atoms in total. The van der Waals surface area contributed by atoms with Gasteiger partial charge in [0.25, 0.3) is 5.69 Å². The van der Waals surface area contributed by atoms with Crippen LogP contribution in [0.15, 0.2) is 18.2 Å². The van der Waals surface area contributed by atoms with Crippen LogP contribution in [0.5, 0.6) is 0 Å². The maximum absolute atomic E-state index is 10.7. The summed E-state index contributed by atoms with van der Waals surface area (Å²) >= 11 is 7.10. The molecule has 0 bridgehead atoms. The molecule has 0 spiro atoms. The number of benzene rings is 1. The van der Waals surface area contributed by atoms with E-state index in [-0.39, 0.29) is 5.69 Å². The number of hydrogen-bond donors (Lipinski definition) is 1. The highest BCUT2D eigenvalue weighted by atomic mass is 35.5. The molecule has 1 aromatic carbocycles. The molecule has 17 heavy (non-hydrogen) atoms. The van der Waals surface area contributed by atoms with Crippen molar-refractivity contribution in [2.24, 2.45) is 5.73 Å². The van der Waals surface area contributed by atoms with Crippen LogP contribution in [-0.2, 0) is 6.54 Å². The highest BCUT2D eigenvalue weighted by Gasteiger charge is 2.13. The van der Waals surface area contributed by atoms with Gasteiger partial charge in [-0.1, -0.05) is 22.9 Å². The van der Waals surface area contributed by atoms with E-state index in [4.69, 9.17) is 17.3 Å². The van der Waals surface area contributed by atoms with Crippen molar-refractivity contribution in [2.75, 3.05) is 0 Å². The number of nitrogens with zero attached hydrogens (tertiary/aromatic N) is 3. The number of hydrogen-bond acceptors (Lipinski definition) is 6. The number of rotatable bonds is 3. The molecule has 0 atom stereocenters. The van der Waals surface area contributed by atoms with Gasteiger partial charge in [0.05, 0.1) is 4.92 Å². The van der Waals surface area contributed by atoms with Gasteiger partial charge in [-0.2, -0.15) is 0 Å². The van der Waals surface area contributed by atoms with Crippen LogP contribution >= 0.6 is 22.9 Å². The van der Waals surface area contributed by atoms with E-state index in [1.807, 2.05) is 0 Å². The molecule has 2 N–H and O–H groups in total. The normalized spacial score (nSPS) is 10.5. The van der Waals surface area contributed by atoms with Crippen molar-refractivity contribution >= 4 is 28.6 Å². The summed E-state index contributed by atoms with van der Waals surface area (Å²) in [4.78, 5) is 10.2. The topological polar surface area (TPSA) is 94.9 Å². The molecular weight excluding hydrogens is 264 g/mol. The Balaban J connectivity index is 2.47. The molecule has 0 aliphatic rings. The zero-order valence-electron chi connectivity index (χ0n) is 8.46. The van der Waals surface area contributed by atoms with Gasteiger partial charge in [0.1, 0.15) is 10.0 Å². The minimum Gasteiger partial charge on any atom is -0.324 e. The Hall–Kier alpha value is -1.57. The number of nitro benzene ring substituents is 1. The van der Waals surface area contributed by atoms with Crippen LogP contribution in [0.2, 0.25) is 5.02 Å². The third-order valence-electron chi connectivity index (χ3n) is 1.98. The molecule has 0 amide bonds. The molecule has 0 aliphatic heterocycles. The van der Waals surface area contributed by atoms with Crippen LogP contribution in [0.4, 0.5) is 5.69 Å². The van der Waals surface area contributed by atoms with Crippen molar-refractivity contribution in [3.05, 3.63) is 38.3 Å². The van der Waals surface area contributed by atoms with Gasteiger partial charge in [-0.3, -0.25) is 10.1 Å². The van der Waals surface area contributed by atoms with Crippen LogP contribution in [0.3, 0.4) is 0 Å². The molecule has 0 aliphatic carbocycles. The molecule has 0 unspecified atom stereocenters. The zero-order chi connectivity index (χ0) is 12.4. The summed E-state index contributed by atoms with van der Waals surface area (Å²) in [6.45, 7) is 0.292. The van der Waals surface area contributed by atoms with Crippen LogP contribution in [0.25, 0.3) is 10.6 Å². The monoisotopic (exact) mass is 270 g/mol. The predicted octanol–water partition coefficient (Wildman–Crippen LogP) is 2.23. The number of halogens is 1. The largest absolute Gasteiger partial charge is 0.324 e. The Labute approximate surface area is 105 Å². The van der Waals surface area contributed by atoms with Crippen molar-refractivity contribution in [2.45, 2.75) is 6.54 Å². The van der Waals surface area contributed by atoms with E-state index in [9.17, 15) is 10.1 Å². The molecule has 0 saturated heterocycles. The summed E-state index contributed by atoms with van der Waals surface area (Å²) in [7, 11) is 0. The second-order valence-corrected chi connectivity index (χ2v) is 4.66. The van der Waals surface area contributed by atoms with Gasteiger partial charge in [-0.15, -0.1) is 10.2 Å². The Kier molecular flexibility index (Phi) is 3.32. The molecule has 0 radical (unpaired) electrons. The van der Waals surface area contributed by atoms with Gasteiger partial charge >= 0.3 is 0 Å². The summed E-state index contributed by atoms with van der Waals surface area (Å²) < 4.78 is 0. The lowest BCUT2D eigenvalue weighted by Crippen LogP contribution is -1.94. The maximum Gasteiger partial charge on any atom is 0.271 e. The van der Waals surface area contributed by atoms with Gasteiger partial charge in [-0.25, -0.2) is 0 Å². The lowest BCUT2D eigenvalue weighted by Gasteiger charge is -1.97. The van der Waals surface area contributed by atoms with Crippen molar-refractivity contribution in [3.63, 3.8) is 0 Å². The van der Waals surface area contributed by atoms with E-state index in [0.717, 1.165) is 0 Å². The number of aromatic nitrogens is 2. The lowest BCUT2D eigenvalue weighted by molar-refractivity contribution is -0.384. The van der Waals surface area contributed by atoms with E-state index >= 15 is 0 Å². The Morgan fingerprint density at radius 2 is 2.18 bits per heavy atom. The lowest BCUT2D eigenvalue weighted by atomic mass is 10.2. The van der Waals surface area contributed by atoms with E-state index in [2.05, 4.69) is 10.2 Å². The SMILES string of the molecule is NCc1nnc(-c2cc(Cl)cc([N+](=O)[O-])c2)s1. The second-order valence-electron chi connectivity index (χ2n) is 3.16. The Bertz CT molecular complexity index is 572.